The van der Waals surface area contributed by atoms with Crippen molar-refractivity contribution in [2.75, 3.05) is 13.6 Å². The van der Waals surface area contributed by atoms with Gasteiger partial charge in [-0.2, -0.15) is 0 Å². The van der Waals surface area contributed by atoms with Gasteiger partial charge in [-0.1, -0.05) is 0 Å². The van der Waals surface area contributed by atoms with E-state index in [0.717, 1.165) is 47.7 Å². The highest BCUT2D eigenvalue weighted by atomic mass is 32.1. The molecule has 6 heteroatoms. The summed E-state index contributed by atoms with van der Waals surface area (Å²) in [6.45, 7) is 2.91. The lowest BCUT2D eigenvalue weighted by molar-refractivity contribution is 0.175. The van der Waals surface area contributed by atoms with Crippen LogP contribution in [0.1, 0.15) is 50.6 Å². The summed E-state index contributed by atoms with van der Waals surface area (Å²) >= 11 is 1.71. The van der Waals surface area contributed by atoms with Gasteiger partial charge in [-0.3, -0.25) is 4.98 Å². The summed E-state index contributed by atoms with van der Waals surface area (Å²) < 4.78 is 3.50. The zero-order valence-electron chi connectivity index (χ0n) is 14.2. The van der Waals surface area contributed by atoms with Crippen LogP contribution in [0.15, 0.2) is 17.6 Å². The average molecular weight is 344 g/mol. The molecule has 128 valence electrons. The highest BCUT2D eigenvalue weighted by Gasteiger charge is 2.27. The maximum absolute atomic E-state index is 10.3. The van der Waals surface area contributed by atoms with Crippen LogP contribution in [0, 0.1) is 5.92 Å². The molecule has 5 nitrogen and oxygen atoms in total. The Morgan fingerprint density at radius 3 is 2.83 bits per heavy atom. The van der Waals surface area contributed by atoms with Gasteiger partial charge in [0.25, 0.3) is 0 Å². The molecule has 1 atom stereocenters. The number of aliphatic hydroxyl groups is 1. The molecule has 0 radical (unpaired) electrons. The number of nitrogens with zero attached hydrogens (tertiary/aromatic N) is 3. The van der Waals surface area contributed by atoms with Gasteiger partial charge in [0.15, 0.2) is 0 Å². The molecule has 2 N–H and O–H groups in total. The Bertz CT molecular complexity index is 845. The molecule has 1 aliphatic carbocycles. The van der Waals surface area contributed by atoms with Gasteiger partial charge in [-0.25, -0.2) is 4.98 Å². The van der Waals surface area contributed by atoms with E-state index in [1.54, 1.807) is 11.3 Å². The lowest BCUT2D eigenvalue weighted by Gasteiger charge is -2.31. The second-order valence-corrected chi connectivity index (χ2v) is 7.79. The van der Waals surface area contributed by atoms with Crippen LogP contribution in [-0.2, 0) is 0 Å². The van der Waals surface area contributed by atoms with Crippen LogP contribution in [0.25, 0.3) is 21.3 Å². The Kier molecular flexibility index (Phi) is 4.28. The molecule has 3 aromatic rings. The first-order valence-electron chi connectivity index (χ1n) is 8.75. The summed E-state index contributed by atoms with van der Waals surface area (Å²) in [6, 6.07) is 2.48. The molecule has 0 aliphatic heterocycles. The maximum atomic E-state index is 10.3. The zero-order chi connectivity index (χ0) is 16.7. The third-order valence-corrected chi connectivity index (χ3v) is 6.11. The van der Waals surface area contributed by atoms with Crippen molar-refractivity contribution < 1.29 is 5.11 Å². The molecular weight excluding hydrogens is 320 g/mol. The third kappa shape index (κ3) is 2.62. The molecule has 24 heavy (non-hydrogen) atoms. The lowest BCUT2D eigenvalue weighted by Crippen LogP contribution is -2.26. The molecule has 3 aromatic heterocycles. The van der Waals surface area contributed by atoms with E-state index >= 15 is 0 Å². The molecular formula is C18H24N4OS. The Morgan fingerprint density at radius 2 is 2.12 bits per heavy atom. The molecule has 0 saturated heterocycles. The summed E-state index contributed by atoms with van der Waals surface area (Å²) in [5, 5.41) is 15.7. The lowest BCUT2D eigenvalue weighted by atomic mass is 9.85. The van der Waals surface area contributed by atoms with Crippen LogP contribution in [0.3, 0.4) is 0 Å². The highest BCUT2D eigenvalue weighted by molar-refractivity contribution is 7.18. The first-order valence-corrected chi connectivity index (χ1v) is 9.63. The number of thiophene rings is 1. The first kappa shape index (κ1) is 16.0. The predicted octanol–water partition coefficient (Wildman–Crippen LogP) is 3.65. The van der Waals surface area contributed by atoms with Gasteiger partial charge in [0.05, 0.1) is 21.9 Å². The van der Waals surface area contributed by atoms with Crippen LogP contribution in [0.4, 0.5) is 0 Å². The van der Waals surface area contributed by atoms with E-state index in [-0.39, 0.29) is 0 Å². The van der Waals surface area contributed by atoms with E-state index in [1.807, 2.05) is 20.2 Å². The van der Waals surface area contributed by atoms with Crippen LogP contribution in [0.2, 0.25) is 0 Å². The molecule has 0 bridgehead atoms. The zero-order valence-corrected chi connectivity index (χ0v) is 15.0. The molecule has 1 aliphatic rings. The molecule has 3 heterocycles. The molecule has 0 aromatic carbocycles. The summed E-state index contributed by atoms with van der Waals surface area (Å²) in [7, 11) is 2.03. The molecule has 0 amide bonds. The minimum absolute atomic E-state index is 0.417. The van der Waals surface area contributed by atoms with Crippen molar-refractivity contribution >= 4 is 32.6 Å². The topological polar surface area (TPSA) is 63.0 Å². The molecule has 1 saturated carbocycles. The summed E-state index contributed by atoms with van der Waals surface area (Å²) in [5.41, 5.74) is 3.08. The number of hydrogen-bond donors (Lipinski definition) is 2. The third-order valence-electron chi connectivity index (χ3n) is 5.20. The van der Waals surface area contributed by atoms with Gasteiger partial charge in [0.1, 0.15) is 17.4 Å². The van der Waals surface area contributed by atoms with Gasteiger partial charge in [-0.15, -0.1) is 11.3 Å². The van der Waals surface area contributed by atoms with Crippen molar-refractivity contribution in [3.05, 3.63) is 23.5 Å². The highest BCUT2D eigenvalue weighted by Crippen LogP contribution is 2.39. The quantitative estimate of drug-likeness (QED) is 0.758. The number of pyridine rings is 1. The van der Waals surface area contributed by atoms with Crippen LogP contribution >= 0.6 is 11.3 Å². The SMILES string of the molecule is CNCC1CCC(n2c(C(C)O)nc3cnc4ccsc4c32)CC1. The summed E-state index contributed by atoms with van der Waals surface area (Å²) in [4.78, 5) is 9.23. The van der Waals surface area contributed by atoms with Gasteiger partial charge in [0.2, 0.25) is 0 Å². The normalized spacial score (nSPS) is 23.1. The van der Waals surface area contributed by atoms with Gasteiger partial charge in [-0.05, 0) is 63.6 Å². The van der Waals surface area contributed by atoms with E-state index in [0.29, 0.717) is 6.04 Å². The molecule has 4 rings (SSSR count). The molecule has 0 spiro atoms. The molecule has 1 unspecified atom stereocenters. The van der Waals surface area contributed by atoms with Gasteiger partial charge in [0, 0.05) is 6.04 Å². The smallest absolute Gasteiger partial charge is 0.138 e. The largest absolute Gasteiger partial charge is 0.385 e. The molecule has 1 fully saturated rings. The number of imidazole rings is 1. The Balaban J connectivity index is 1.81. The van der Waals surface area contributed by atoms with E-state index in [4.69, 9.17) is 4.98 Å². The van der Waals surface area contributed by atoms with Crippen molar-refractivity contribution in [1.29, 1.82) is 0 Å². The minimum Gasteiger partial charge on any atom is -0.385 e. The minimum atomic E-state index is -0.567. The second-order valence-electron chi connectivity index (χ2n) is 6.88. The van der Waals surface area contributed by atoms with E-state index in [2.05, 4.69) is 26.3 Å². The van der Waals surface area contributed by atoms with Crippen LogP contribution in [0.5, 0.6) is 0 Å². The number of aromatic nitrogens is 3. The van der Waals surface area contributed by atoms with Gasteiger partial charge < -0.3 is 15.0 Å². The predicted molar refractivity (Wildman–Crippen MR) is 98.5 cm³/mol. The fourth-order valence-corrected chi connectivity index (χ4v) is 4.95. The monoisotopic (exact) mass is 344 g/mol. The summed E-state index contributed by atoms with van der Waals surface area (Å²) in [6.07, 6.45) is 6.02. The number of fused-ring (bicyclic) bond motifs is 3. The number of aliphatic hydroxyl groups excluding tert-OH is 1. The average Bonchev–Trinajstić information content (AvgIpc) is 3.19. The van der Waals surface area contributed by atoms with Crippen molar-refractivity contribution in [2.24, 2.45) is 5.92 Å². The number of nitrogens with one attached hydrogen (secondary N) is 1. The summed E-state index contributed by atoms with van der Waals surface area (Å²) in [5.74, 6) is 1.55. The Labute approximate surface area is 145 Å². The Morgan fingerprint density at radius 1 is 1.33 bits per heavy atom. The number of rotatable bonds is 4. The fourth-order valence-electron chi connectivity index (χ4n) is 4.06. The first-order chi connectivity index (χ1) is 11.7. The van der Waals surface area contributed by atoms with Crippen molar-refractivity contribution in [2.45, 2.75) is 44.8 Å². The van der Waals surface area contributed by atoms with Crippen molar-refractivity contribution in [3.8, 4) is 0 Å². The second kappa shape index (κ2) is 6.43. The van der Waals surface area contributed by atoms with Gasteiger partial charge >= 0.3 is 0 Å². The standard InChI is InChI=1S/C18H24N4OS/c1-11(23)18-21-15-10-20-14-7-8-24-17(14)16(15)22(18)13-5-3-12(4-6-13)9-19-2/h7-8,10-13,19,23H,3-6,9H2,1-2H3. The Hall–Kier alpha value is -1.50. The van der Waals surface area contributed by atoms with Crippen molar-refractivity contribution in [1.82, 2.24) is 19.9 Å². The number of hydrogen-bond acceptors (Lipinski definition) is 5. The van der Waals surface area contributed by atoms with E-state index in [9.17, 15) is 5.11 Å². The fraction of sp³-hybridized carbons (Fsp3) is 0.556. The maximum Gasteiger partial charge on any atom is 0.138 e. The van der Waals surface area contributed by atoms with Crippen LogP contribution in [-0.4, -0.2) is 33.2 Å². The van der Waals surface area contributed by atoms with Crippen molar-refractivity contribution in [3.63, 3.8) is 0 Å². The van der Waals surface area contributed by atoms with E-state index in [1.165, 1.54) is 17.5 Å². The van der Waals surface area contributed by atoms with Crippen LogP contribution < -0.4 is 5.32 Å². The van der Waals surface area contributed by atoms with E-state index < -0.39 is 6.10 Å².